The number of hydrogen-bond acceptors (Lipinski definition) is 4. The highest BCUT2D eigenvalue weighted by atomic mass is 16.2. The van der Waals surface area contributed by atoms with Gasteiger partial charge in [0.15, 0.2) is 5.65 Å². The molecule has 0 fully saturated rings. The summed E-state index contributed by atoms with van der Waals surface area (Å²) in [5.41, 5.74) is 11.2. The van der Waals surface area contributed by atoms with Crippen LogP contribution in [0.25, 0.3) is 5.65 Å². The van der Waals surface area contributed by atoms with E-state index in [0.717, 1.165) is 28.9 Å². The van der Waals surface area contributed by atoms with Crippen molar-refractivity contribution in [1.82, 2.24) is 19.5 Å². The van der Waals surface area contributed by atoms with Gasteiger partial charge in [-0.25, -0.2) is 9.50 Å². The molecule has 2 N–H and O–H groups in total. The van der Waals surface area contributed by atoms with Crippen LogP contribution in [0.4, 0.5) is 0 Å². The van der Waals surface area contributed by atoms with Crippen LogP contribution in [-0.2, 0) is 24.2 Å². The van der Waals surface area contributed by atoms with Gasteiger partial charge in [0.25, 0.3) is 5.91 Å². The van der Waals surface area contributed by atoms with E-state index in [9.17, 15) is 9.59 Å². The van der Waals surface area contributed by atoms with Gasteiger partial charge in [-0.2, -0.15) is 5.10 Å². The van der Waals surface area contributed by atoms with Gasteiger partial charge in [-0.05, 0) is 43.4 Å². The van der Waals surface area contributed by atoms with Crippen molar-refractivity contribution in [3.05, 3.63) is 64.1 Å². The highest BCUT2D eigenvalue weighted by molar-refractivity contribution is 5.98. The number of primary amides is 1. The molecule has 0 saturated heterocycles. The monoisotopic (exact) mass is 393 g/mol. The maximum Gasteiger partial charge on any atom is 0.254 e. The number of benzene rings is 1. The zero-order valence-corrected chi connectivity index (χ0v) is 17.4. The number of aromatic nitrogens is 3. The lowest BCUT2D eigenvalue weighted by Gasteiger charge is -2.18. The van der Waals surface area contributed by atoms with Gasteiger partial charge in [-0.3, -0.25) is 9.59 Å². The summed E-state index contributed by atoms with van der Waals surface area (Å²) >= 11 is 0. The van der Waals surface area contributed by atoms with E-state index in [0.29, 0.717) is 30.6 Å². The Balaban J connectivity index is 1.70. The molecule has 0 spiro atoms. The van der Waals surface area contributed by atoms with E-state index in [2.05, 4.69) is 41.3 Å². The molecule has 3 aromatic rings. The van der Waals surface area contributed by atoms with Gasteiger partial charge in [0.05, 0.1) is 6.20 Å². The topological polar surface area (TPSA) is 93.6 Å². The fourth-order valence-corrected chi connectivity index (χ4v) is 3.51. The lowest BCUT2D eigenvalue weighted by Crippen LogP contribution is -2.26. The Morgan fingerprint density at radius 2 is 1.79 bits per heavy atom. The highest BCUT2D eigenvalue weighted by Crippen LogP contribution is 2.19. The molecular formula is C22H27N5O2. The van der Waals surface area contributed by atoms with E-state index in [-0.39, 0.29) is 5.91 Å². The molecule has 2 heterocycles. The van der Waals surface area contributed by atoms with Crippen molar-refractivity contribution in [2.75, 3.05) is 7.05 Å². The smallest absolute Gasteiger partial charge is 0.254 e. The first kappa shape index (κ1) is 20.5. The van der Waals surface area contributed by atoms with Crippen molar-refractivity contribution in [1.29, 1.82) is 0 Å². The lowest BCUT2D eigenvalue weighted by molar-refractivity contribution is -0.130. The number of aryl methyl sites for hydroxylation is 3. The van der Waals surface area contributed by atoms with Crippen molar-refractivity contribution in [3.63, 3.8) is 0 Å². The number of nitrogens with two attached hydrogens (primary N) is 1. The third-order valence-corrected chi connectivity index (χ3v) is 5.34. The third kappa shape index (κ3) is 4.29. The third-order valence-electron chi connectivity index (χ3n) is 5.34. The number of rotatable bonds is 7. The average Bonchev–Trinajstić information content (AvgIpc) is 3.12. The Hall–Kier alpha value is -3.22. The Morgan fingerprint density at radius 1 is 1.14 bits per heavy atom. The second-order valence-corrected chi connectivity index (χ2v) is 7.34. The van der Waals surface area contributed by atoms with Crippen LogP contribution < -0.4 is 5.73 Å². The molecule has 0 aliphatic carbocycles. The summed E-state index contributed by atoms with van der Waals surface area (Å²) in [6.45, 7) is 6.50. The summed E-state index contributed by atoms with van der Waals surface area (Å²) in [6.07, 6.45) is 3.37. The first-order valence-electron chi connectivity index (χ1n) is 9.77. The number of carbonyl (C=O) groups is 2. The van der Waals surface area contributed by atoms with E-state index in [1.165, 1.54) is 11.8 Å². The molecule has 7 heteroatoms. The van der Waals surface area contributed by atoms with Crippen LogP contribution in [-0.4, -0.2) is 38.4 Å². The van der Waals surface area contributed by atoms with E-state index in [4.69, 9.17) is 5.73 Å². The molecule has 2 amide bonds. The number of amides is 2. The van der Waals surface area contributed by atoms with Crippen LogP contribution in [0.1, 0.15) is 51.8 Å². The van der Waals surface area contributed by atoms with Gasteiger partial charge in [0.2, 0.25) is 5.91 Å². The van der Waals surface area contributed by atoms with Gasteiger partial charge < -0.3 is 10.6 Å². The van der Waals surface area contributed by atoms with E-state index < -0.39 is 5.91 Å². The van der Waals surface area contributed by atoms with Crippen LogP contribution in [0.5, 0.6) is 0 Å². The molecule has 0 atom stereocenters. The predicted octanol–water partition coefficient (Wildman–Crippen LogP) is 2.60. The summed E-state index contributed by atoms with van der Waals surface area (Å²) < 4.78 is 1.62. The summed E-state index contributed by atoms with van der Waals surface area (Å²) in [5, 5.41) is 4.23. The van der Waals surface area contributed by atoms with Gasteiger partial charge in [-0.15, -0.1) is 0 Å². The van der Waals surface area contributed by atoms with Gasteiger partial charge >= 0.3 is 0 Å². The van der Waals surface area contributed by atoms with Crippen molar-refractivity contribution < 1.29 is 9.59 Å². The molecule has 29 heavy (non-hydrogen) atoms. The Bertz CT molecular complexity index is 1050. The fraction of sp³-hybridized carbons (Fsp3) is 0.364. The number of fused-ring (bicyclic) bond motifs is 1. The maximum absolute atomic E-state index is 12.6. The Kier molecular flexibility index (Phi) is 5.96. The molecule has 0 aliphatic rings. The van der Waals surface area contributed by atoms with Gasteiger partial charge in [0, 0.05) is 31.4 Å². The molecule has 3 rings (SSSR count). The van der Waals surface area contributed by atoms with Crippen molar-refractivity contribution in [2.24, 2.45) is 5.73 Å². The molecule has 0 unspecified atom stereocenters. The van der Waals surface area contributed by atoms with Crippen molar-refractivity contribution >= 4 is 17.5 Å². The number of nitrogens with zero attached hydrogens (tertiary/aromatic N) is 4. The largest absolute Gasteiger partial charge is 0.365 e. The molecular weight excluding hydrogens is 366 g/mol. The fourth-order valence-electron chi connectivity index (χ4n) is 3.51. The maximum atomic E-state index is 12.6. The van der Waals surface area contributed by atoms with Gasteiger partial charge in [0.1, 0.15) is 5.56 Å². The average molecular weight is 393 g/mol. The van der Waals surface area contributed by atoms with Gasteiger partial charge in [-0.1, -0.05) is 31.2 Å². The summed E-state index contributed by atoms with van der Waals surface area (Å²) in [4.78, 5) is 30.4. The summed E-state index contributed by atoms with van der Waals surface area (Å²) in [7, 11) is 1.82. The molecule has 0 aliphatic heterocycles. The molecule has 0 radical (unpaired) electrons. The standard InChI is InChI=1S/C22H27N5O2/c1-5-16-6-8-17(9-7-16)13-26(4)20(28)11-10-18-14(2)25-22-19(21(23)29)12-24-27(22)15(18)3/h6-9,12H,5,10-11,13H2,1-4H3,(H2,23,29). The van der Waals surface area contributed by atoms with Crippen LogP contribution >= 0.6 is 0 Å². The second-order valence-electron chi connectivity index (χ2n) is 7.34. The number of carbonyl (C=O) groups excluding carboxylic acids is 2. The van der Waals surface area contributed by atoms with Crippen molar-refractivity contribution in [2.45, 2.75) is 46.6 Å². The predicted molar refractivity (Wildman–Crippen MR) is 112 cm³/mol. The van der Waals surface area contributed by atoms with Crippen molar-refractivity contribution in [3.8, 4) is 0 Å². The number of hydrogen-bond donors (Lipinski definition) is 1. The first-order chi connectivity index (χ1) is 13.8. The van der Waals surface area contributed by atoms with E-state index >= 15 is 0 Å². The summed E-state index contributed by atoms with van der Waals surface area (Å²) in [6, 6.07) is 8.35. The highest BCUT2D eigenvalue weighted by Gasteiger charge is 2.18. The Labute approximate surface area is 170 Å². The van der Waals surface area contributed by atoms with E-state index in [1.807, 2.05) is 20.9 Å². The van der Waals surface area contributed by atoms with Crippen LogP contribution in [0.3, 0.4) is 0 Å². The normalized spacial score (nSPS) is 11.0. The molecule has 152 valence electrons. The Morgan fingerprint density at radius 3 is 2.41 bits per heavy atom. The van der Waals surface area contributed by atoms with E-state index in [1.54, 1.807) is 9.42 Å². The zero-order valence-electron chi connectivity index (χ0n) is 17.4. The lowest BCUT2D eigenvalue weighted by atomic mass is 10.1. The van der Waals surface area contributed by atoms with Crippen LogP contribution in [0.15, 0.2) is 30.5 Å². The molecule has 1 aromatic carbocycles. The zero-order chi connectivity index (χ0) is 21.1. The minimum atomic E-state index is -0.553. The second kappa shape index (κ2) is 8.43. The minimum absolute atomic E-state index is 0.0711. The molecule has 2 aromatic heterocycles. The molecule has 7 nitrogen and oxygen atoms in total. The van der Waals surface area contributed by atoms with Crippen LogP contribution in [0.2, 0.25) is 0 Å². The first-order valence-corrected chi connectivity index (χ1v) is 9.77. The summed E-state index contributed by atoms with van der Waals surface area (Å²) in [5.74, 6) is -0.482. The SMILES string of the molecule is CCc1ccc(CN(C)C(=O)CCc2c(C)nc3c(C(N)=O)cnn3c2C)cc1. The minimum Gasteiger partial charge on any atom is -0.365 e. The molecule has 0 saturated carbocycles. The molecule has 0 bridgehead atoms. The van der Waals surface area contributed by atoms with Crippen LogP contribution in [0, 0.1) is 13.8 Å². The quantitative estimate of drug-likeness (QED) is 0.668.